The quantitative estimate of drug-likeness (QED) is 0.681. The highest BCUT2D eigenvalue weighted by Crippen LogP contribution is 2.38. The fraction of sp³-hybridized carbons (Fsp3) is 0.429. The molecule has 0 radical (unpaired) electrons. The molecule has 1 aliphatic rings. The Bertz CT molecular complexity index is 692. The normalized spacial score (nSPS) is 26.7. The van der Waals surface area contributed by atoms with Crippen LogP contribution >= 0.6 is 0 Å². The maximum Gasteiger partial charge on any atom is 0.261 e. The van der Waals surface area contributed by atoms with E-state index in [2.05, 4.69) is 45.0 Å². The lowest BCUT2D eigenvalue weighted by atomic mass is 10.1. The number of hydrogen-bond donors (Lipinski definition) is 3. The van der Waals surface area contributed by atoms with Gasteiger partial charge in [0, 0.05) is 0 Å². The Kier molecular flexibility index (Phi) is 5.86. The minimum Gasteiger partial charge on any atom is -0.399 e. The van der Waals surface area contributed by atoms with E-state index in [-0.39, 0.29) is 11.6 Å². The standard InChI is InChI=1S/C21H28O5Si/c1-21(2,3)27(15-10-6-4-7-11-15,16-12-8-5-9-13-16)26-17-14-25-20(24)19(23)18(17)22/h4-13,17-20,22-24H,14H2,1-3H3/t17-,18+,19-,20-/m1/s1. The molecule has 0 amide bonds. The molecular weight excluding hydrogens is 360 g/mol. The number of ether oxygens (including phenoxy) is 1. The van der Waals surface area contributed by atoms with Crippen molar-refractivity contribution in [2.75, 3.05) is 6.61 Å². The van der Waals surface area contributed by atoms with Crippen LogP contribution in [0.4, 0.5) is 0 Å². The zero-order valence-electron chi connectivity index (χ0n) is 15.9. The molecule has 0 spiro atoms. The molecule has 0 bridgehead atoms. The highest BCUT2D eigenvalue weighted by Gasteiger charge is 2.53. The second-order valence-electron chi connectivity index (χ2n) is 8.02. The summed E-state index contributed by atoms with van der Waals surface area (Å²) in [6, 6.07) is 20.1. The van der Waals surface area contributed by atoms with Gasteiger partial charge in [-0.1, -0.05) is 81.4 Å². The van der Waals surface area contributed by atoms with Crippen LogP contribution in [0.15, 0.2) is 60.7 Å². The van der Waals surface area contributed by atoms with Crippen molar-refractivity contribution in [3.63, 3.8) is 0 Å². The molecule has 4 atom stereocenters. The van der Waals surface area contributed by atoms with Crippen LogP contribution in [-0.2, 0) is 9.16 Å². The Morgan fingerprint density at radius 1 is 0.852 bits per heavy atom. The van der Waals surface area contributed by atoms with Crippen molar-refractivity contribution in [3.05, 3.63) is 60.7 Å². The van der Waals surface area contributed by atoms with Gasteiger partial charge >= 0.3 is 0 Å². The number of aliphatic hydroxyl groups is 3. The van der Waals surface area contributed by atoms with Gasteiger partial charge in [0.2, 0.25) is 0 Å². The smallest absolute Gasteiger partial charge is 0.261 e. The van der Waals surface area contributed by atoms with Crippen molar-refractivity contribution in [2.45, 2.75) is 50.4 Å². The van der Waals surface area contributed by atoms with Gasteiger partial charge in [-0.3, -0.25) is 0 Å². The fourth-order valence-corrected chi connectivity index (χ4v) is 8.48. The van der Waals surface area contributed by atoms with Crippen LogP contribution < -0.4 is 10.4 Å². The molecule has 27 heavy (non-hydrogen) atoms. The third-order valence-corrected chi connectivity index (χ3v) is 10.3. The van der Waals surface area contributed by atoms with Gasteiger partial charge in [-0.05, 0) is 15.4 Å². The van der Waals surface area contributed by atoms with Gasteiger partial charge in [0.25, 0.3) is 8.32 Å². The largest absolute Gasteiger partial charge is 0.399 e. The summed E-state index contributed by atoms with van der Waals surface area (Å²) in [4.78, 5) is 0. The van der Waals surface area contributed by atoms with E-state index in [0.717, 1.165) is 10.4 Å². The van der Waals surface area contributed by atoms with Crippen LogP contribution in [0.5, 0.6) is 0 Å². The van der Waals surface area contributed by atoms with Crippen molar-refractivity contribution >= 4 is 18.7 Å². The number of rotatable bonds is 4. The summed E-state index contributed by atoms with van der Waals surface area (Å²) in [5.41, 5.74) is 0. The Balaban J connectivity index is 2.13. The van der Waals surface area contributed by atoms with E-state index in [0.29, 0.717) is 0 Å². The van der Waals surface area contributed by atoms with Crippen molar-refractivity contribution in [2.24, 2.45) is 0 Å². The summed E-state index contributed by atoms with van der Waals surface area (Å²) in [7, 11) is -2.86. The van der Waals surface area contributed by atoms with Gasteiger partial charge in [-0.15, -0.1) is 0 Å². The molecule has 1 fully saturated rings. The van der Waals surface area contributed by atoms with Gasteiger partial charge in [0.1, 0.15) is 12.2 Å². The topological polar surface area (TPSA) is 79.2 Å². The van der Waals surface area contributed by atoms with Crippen molar-refractivity contribution < 1.29 is 24.5 Å². The summed E-state index contributed by atoms with van der Waals surface area (Å²) < 4.78 is 12.0. The van der Waals surface area contributed by atoms with Crippen molar-refractivity contribution in [3.8, 4) is 0 Å². The van der Waals surface area contributed by atoms with Gasteiger partial charge < -0.3 is 24.5 Å². The lowest BCUT2D eigenvalue weighted by Crippen LogP contribution is -2.70. The summed E-state index contributed by atoms with van der Waals surface area (Å²) in [6.07, 6.45) is -4.77. The first kappa shape index (κ1) is 20.2. The second kappa shape index (κ2) is 7.83. The molecule has 0 unspecified atom stereocenters. The molecular formula is C21H28O5Si. The summed E-state index contributed by atoms with van der Waals surface area (Å²) in [6.45, 7) is 6.44. The molecule has 2 aromatic carbocycles. The Morgan fingerprint density at radius 3 is 1.78 bits per heavy atom. The third-order valence-electron chi connectivity index (χ3n) is 5.20. The van der Waals surface area contributed by atoms with E-state index in [9.17, 15) is 15.3 Å². The van der Waals surface area contributed by atoms with Gasteiger partial charge in [0.05, 0.1) is 12.7 Å². The maximum atomic E-state index is 10.5. The molecule has 0 aliphatic carbocycles. The minimum absolute atomic E-state index is 0.0177. The molecule has 5 nitrogen and oxygen atoms in total. The first-order valence-corrected chi connectivity index (χ1v) is 11.1. The van der Waals surface area contributed by atoms with Crippen LogP contribution in [0.3, 0.4) is 0 Å². The monoisotopic (exact) mass is 388 g/mol. The van der Waals surface area contributed by atoms with Gasteiger partial charge in [-0.2, -0.15) is 0 Å². The first-order valence-electron chi connectivity index (χ1n) is 9.22. The Hall–Kier alpha value is -1.54. The highest BCUT2D eigenvalue weighted by atomic mass is 28.4. The molecule has 1 heterocycles. The Labute approximate surface area is 161 Å². The van der Waals surface area contributed by atoms with E-state index < -0.39 is 32.9 Å². The van der Waals surface area contributed by atoms with Crippen LogP contribution in [-0.4, -0.2) is 54.8 Å². The molecule has 2 aromatic rings. The average Bonchev–Trinajstić information content (AvgIpc) is 2.66. The van der Waals surface area contributed by atoms with E-state index in [1.807, 2.05) is 36.4 Å². The molecule has 6 heteroatoms. The molecule has 3 N–H and O–H groups in total. The number of hydrogen-bond acceptors (Lipinski definition) is 5. The molecule has 0 saturated carbocycles. The lowest BCUT2D eigenvalue weighted by Gasteiger charge is -2.47. The van der Waals surface area contributed by atoms with Gasteiger partial charge in [0.15, 0.2) is 6.29 Å². The third kappa shape index (κ3) is 3.74. The van der Waals surface area contributed by atoms with E-state index >= 15 is 0 Å². The molecule has 1 saturated heterocycles. The average molecular weight is 389 g/mol. The molecule has 0 aromatic heterocycles. The Morgan fingerprint density at radius 2 is 1.33 bits per heavy atom. The predicted octanol–water partition coefficient (Wildman–Crippen LogP) is 1.00. The molecule has 3 rings (SSSR count). The predicted molar refractivity (Wildman–Crippen MR) is 106 cm³/mol. The maximum absolute atomic E-state index is 10.5. The van der Waals surface area contributed by atoms with Crippen LogP contribution in [0.25, 0.3) is 0 Å². The second-order valence-corrected chi connectivity index (χ2v) is 12.3. The van der Waals surface area contributed by atoms with Crippen LogP contribution in [0, 0.1) is 0 Å². The number of benzene rings is 2. The summed E-state index contributed by atoms with van der Waals surface area (Å²) in [5, 5.41) is 32.2. The van der Waals surface area contributed by atoms with Crippen molar-refractivity contribution in [1.82, 2.24) is 0 Å². The lowest BCUT2D eigenvalue weighted by molar-refractivity contribution is -0.249. The highest BCUT2D eigenvalue weighted by molar-refractivity contribution is 6.99. The number of aliphatic hydroxyl groups excluding tert-OH is 3. The van der Waals surface area contributed by atoms with Crippen LogP contribution in [0.1, 0.15) is 20.8 Å². The fourth-order valence-electron chi connectivity index (χ4n) is 3.80. The summed E-state index contributed by atoms with van der Waals surface area (Å²) >= 11 is 0. The summed E-state index contributed by atoms with van der Waals surface area (Å²) in [5.74, 6) is 0. The zero-order valence-corrected chi connectivity index (χ0v) is 16.9. The van der Waals surface area contributed by atoms with Crippen molar-refractivity contribution in [1.29, 1.82) is 0 Å². The molecule has 1 aliphatic heterocycles. The van der Waals surface area contributed by atoms with E-state index in [4.69, 9.17) is 9.16 Å². The molecule has 146 valence electrons. The van der Waals surface area contributed by atoms with Gasteiger partial charge in [-0.25, -0.2) is 0 Å². The van der Waals surface area contributed by atoms with E-state index in [1.165, 1.54) is 0 Å². The van der Waals surface area contributed by atoms with Crippen LogP contribution in [0.2, 0.25) is 5.04 Å². The first-order chi connectivity index (χ1) is 12.8. The SMILES string of the molecule is CC(C)(C)[Si](O[C@@H]1CO[C@@H](O)[C@H](O)[C@H]1O)(c1ccccc1)c1ccccc1. The zero-order chi connectivity index (χ0) is 19.7. The van der Waals surface area contributed by atoms with E-state index in [1.54, 1.807) is 0 Å². The minimum atomic E-state index is -2.86.